The molecule has 0 aliphatic heterocycles. The lowest BCUT2D eigenvalue weighted by molar-refractivity contribution is 0.544. The molecule has 5 heteroatoms. The highest BCUT2D eigenvalue weighted by atomic mass is 79.9. The number of hydrogen-bond acceptors (Lipinski definition) is 4. The van der Waals surface area contributed by atoms with Gasteiger partial charge in [0.2, 0.25) is 0 Å². The van der Waals surface area contributed by atoms with E-state index < -0.39 is 0 Å². The second-order valence-electron chi connectivity index (χ2n) is 4.13. The SMILES string of the molecule is CCCNc1nc(-c2ccc(C)o2)nc(C)c1Br. The van der Waals surface area contributed by atoms with Crippen LogP contribution in [0, 0.1) is 13.8 Å². The van der Waals surface area contributed by atoms with Crippen molar-refractivity contribution in [1.82, 2.24) is 9.97 Å². The number of nitrogens with one attached hydrogen (secondary N) is 1. The molecule has 0 aliphatic rings. The molecule has 0 fully saturated rings. The van der Waals surface area contributed by atoms with Gasteiger partial charge in [-0.05, 0) is 48.3 Å². The van der Waals surface area contributed by atoms with E-state index in [0.717, 1.165) is 34.7 Å². The summed E-state index contributed by atoms with van der Waals surface area (Å²) in [6.45, 7) is 6.85. The molecule has 0 bridgehead atoms. The topological polar surface area (TPSA) is 51.0 Å². The molecule has 2 heterocycles. The first-order chi connectivity index (χ1) is 8.61. The Labute approximate surface area is 115 Å². The van der Waals surface area contributed by atoms with Crippen molar-refractivity contribution in [3.8, 4) is 11.6 Å². The summed E-state index contributed by atoms with van der Waals surface area (Å²) in [4.78, 5) is 8.92. The van der Waals surface area contributed by atoms with Crippen LogP contribution in [0.5, 0.6) is 0 Å². The van der Waals surface area contributed by atoms with E-state index in [9.17, 15) is 0 Å². The van der Waals surface area contributed by atoms with Crippen LogP contribution in [0.25, 0.3) is 11.6 Å². The zero-order valence-corrected chi connectivity index (χ0v) is 12.3. The first-order valence-corrected chi connectivity index (χ1v) is 6.76. The second-order valence-corrected chi connectivity index (χ2v) is 4.93. The quantitative estimate of drug-likeness (QED) is 0.929. The fraction of sp³-hybridized carbons (Fsp3) is 0.385. The fourth-order valence-electron chi connectivity index (χ4n) is 1.58. The Kier molecular flexibility index (Phi) is 4.01. The number of nitrogens with zero attached hydrogens (tertiary/aromatic N) is 2. The van der Waals surface area contributed by atoms with Gasteiger partial charge in [-0.3, -0.25) is 0 Å². The predicted molar refractivity (Wildman–Crippen MR) is 75.7 cm³/mol. The number of anilines is 1. The van der Waals surface area contributed by atoms with Crippen LogP contribution in [-0.4, -0.2) is 16.5 Å². The van der Waals surface area contributed by atoms with E-state index in [4.69, 9.17) is 4.42 Å². The third-order valence-electron chi connectivity index (χ3n) is 2.52. The first-order valence-electron chi connectivity index (χ1n) is 5.96. The van der Waals surface area contributed by atoms with Crippen LogP contribution in [-0.2, 0) is 0 Å². The van der Waals surface area contributed by atoms with Crippen LogP contribution in [0.1, 0.15) is 24.8 Å². The van der Waals surface area contributed by atoms with E-state index in [1.54, 1.807) is 0 Å². The van der Waals surface area contributed by atoms with E-state index in [-0.39, 0.29) is 0 Å². The Balaban J connectivity index is 2.40. The number of furan rings is 1. The molecule has 0 radical (unpaired) electrons. The number of hydrogen-bond donors (Lipinski definition) is 1. The maximum absolute atomic E-state index is 5.56. The fourth-order valence-corrected chi connectivity index (χ4v) is 1.90. The molecule has 2 aromatic heterocycles. The van der Waals surface area contributed by atoms with Crippen molar-refractivity contribution in [2.45, 2.75) is 27.2 Å². The lowest BCUT2D eigenvalue weighted by Crippen LogP contribution is -2.05. The van der Waals surface area contributed by atoms with Crippen molar-refractivity contribution < 1.29 is 4.42 Å². The lowest BCUT2D eigenvalue weighted by atomic mass is 10.3. The van der Waals surface area contributed by atoms with Crippen molar-refractivity contribution in [3.63, 3.8) is 0 Å². The smallest absolute Gasteiger partial charge is 0.197 e. The summed E-state index contributed by atoms with van der Waals surface area (Å²) in [6, 6.07) is 3.80. The van der Waals surface area contributed by atoms with Crippen LogP contribution in [0.4, 0.5) is 5.82 Å². The van der Waals surface area contributed by atoms with Gasteiger partial charge in [0.05, 0.1) is 10.2 Å². The van der Waals surface area contributed by atoms with Gasteiger partial charge in [0, 0.05) is 6.54 Å². The minimum absolute atomic E-state index is 0.613. The molecule has 1 N–H and O–H groups in total. The third kappa shape index (κ3) is 2.72. The summed E-state index contributed by atoms with van der Waals surface area (Å²) >= 11 is 3.50. The zero-order valence-electron chi connectivity index (χ0n) is 10.7. The van der Waals surface area contributed by atoms with Crippen molar-refractivity contribution in [2.75, 3.05) is 11.9 Å². The molecule has 96 valence electrons. The minimum Gasteiger partial charge on any atom is -0.458 e. The predicted octanol–water partition coefficient (Wildman–Crippen LogP) is 3.94. The molecule has 0 amide bonds. The van der Waals surface area contributed by atoms with Gasteiger partial charge in [-0.25, -0.2) is 9.97 Å². The Morgan fingerprint density at radius 1 is 1.28 bits per heavy atom. The zero-order chi connectivity index (χ0) is 13.1. The third-order valence-corrected chi connectivity index (χ3v) is 3.47. The van der Waals surface area contributed by atoms with Gasteiger partial charge in [0.15, 0.2) is 11.6 Å². The van der Waals surface area contributed by atoms with Gasteiger partial charge in [-0.2, -0.15) is 0 Å². The number of aromatic nitrogens is 2. The van der Waals surface area contributed by atoms with Crippen LogP contribution < -0.4 is 5.32 Å². The molecule has 0 spiro atoms. The molecule has 0 unspecified atom stereocenters. The van der Waals surface area contributed by atoms with E-state index in [0.29, 0.717) is 11.6 Å². The highest BCUT2D eigenvalue weighted by molar-refractivity contribution is 9.10. The summed E-state index contributed by atoms with van der Waals surface area (Å²) in [5.74, 6) is 2.98. The molecule has 0 saturated carbocycles. The number of halogens is 1. The van der Waals surface area contributed by atoms with Gasteiger partial charge in [-0.1, -0.05) is 6.92 Å². The molecular formula is C13H16BrN3O. The molecule has 18 heavy (non-hydrogen) atoms. The Morgan fingerprint density at radius 3 is 2.67 bits per heavy atom. The standard InChI is InChI=1S/C13H16BrN3O/c1-4-7-15-13-11(14)9(3)16-12(17-13)10-6-5-8(2)18-10/h5-6H,4,7H2,1-3H3,(H,15,16,17). The Bertz CT molecular complexity index is 551. The maximum Gasteiger partial charge on any atom is 0.197 e. The van der Waals surface area contributed by atoms with Gasteiger partial charge in [0.1, 0.15) is 11.6 Å². The molecule has 0 aliphatic carbocycles. The molecule has 0 aromatic carbocycles. The molecule has 2 aromatic rings. The highest BCUT2D eigenvalue weighted by Gasteiger charge is 2.12. The summed E-state index contributed by atoms with van der Waals surface area (Å²) in [6.07, 6.45) is 1.05. The van der Waals surface area contributed by atoms with Crippen molar-refractivity contribution in [2.24, 2.45) is 0 Å². The monoisotopic (exact) mass is 309 g/mol. The molecular weight excluding hydrogens is 294 g/mol. The van der Waals surface area contributed by atoms with Crippen LogP contribution >= 0.6 is 15.9 Å². The van der Waals surface area contributed by atoms with Crippen molar-refractivity contribution in [1.29, 1.82) is 0 Å². The second kappa shape index (κ2) is 5.52. The van der Waals surface area contributed by atoms with Crippen molar-refractivity contribution in [3.05, 3.63) is 28.1 Å². The summed E-state index contributed by atoms with van der Waals surface area (Å²) in [5, 5.41) is 3.28. The van der Waals surface area contributed by atoms with E-state index >= 15 is 0 Å². The molecule has 2 rings (SSSR count). The normalized spacial score (nSPS) is 10.7. The molecule has 0 atom stereocenters. The average Bonchev–Trinajstić information content (AvgIpc) is 2.77. The van der Waals surface area contributed by atoms with E-state index in [1.807, 2.05) is 26.0 Å². The Morgan fingerprint density at radius 2 is 2.06 bits per heavy atom. The highest BCUT2D eigenvalue weighted by Crippen LogP contribution is 2.27. The summed E-state index contributed by atoms with van der Waals surface area (Å²) in [5.41, 5.74) is 0.896. The van der Waals surface area contributed by atoms with Crippen molar-refractivity contribution >= 4 is 21.7 Å². The van der Waals surface area contributed by atoms with Gasteiger partial charge in [-0.15, -0.1) is 0 Å². The summed E-state index contributed by atoms with van der Waals surface area (Å²) in [7, 11) is 0. The van der Waals surface area contributed by atoms with Crippen LogP contribution in [0.2, 0.25) is 0 Å². The molecule has 0 saturated heterocycles. The van der Waals surface area contributed by atoms with Crippen LogP contribution in [0.3, 0.4) is 0 Å². The Hall–Kier alpha value is -1.36. The maximum atomic E-state index is 5.56. The van der Waals surface area contributed by atoms with E-state index in [1.165, 1.54) is 0 Å². The molecule has 4 nitrogen and oxygen atoms in total. The largest absolute Gasteiger partial charge is 0.458 e. The van der Waals surface area contributed by atoms with Gasteiger partial charge in [0.25, 0.3) is 0 Å². The first kappa shape index (κ1) is 13.1. The number of rotatable bonds is 4. The van der Waals surface area contributed by atoms with Gasteiger partial charge >= 0.3 is 0 Å². The van der Waals surface area contributed by atoms with Gasteiger partial charge < -0.3 is 9.73 Å². The lowest BCUT2D eigenvalue weighted by Gasteiger charge is -2.09. The summed E-state index contributed by atoms with van der Waals surface area (Å²) < 4.78 is 6.46. The number of aryl methyl sites for hydroxylation is 2. The van der Waals surface area contributed by atoms with Crippen LogP contribution in [0.15, 0.2) is 21.0 Å². The average molecular weight is 310 g/mol. The van der Waals surface area contributed by atoms with E-state index in [2.05, 4.69) is 38.1 Å². The minimum atomic E-state index is 0.613.